The lowest BCUT2D eigenvalue weighted by Crippen LogP contribution is -2.12. The van der Waals surface area contributed by atoms with Crippen LogP contribution in [0, 0.1) is 10.5 Å². The summed E-state index contributed by atoms with van der Waals surface area (Å²) >= 11 is 2.87. The van der Waals surface area contributed by atoms with Gasteiger partial charge in [0.05, 0.1) is 5.69 Å². The van der Waals surface area contributed by atoms with Crippen LogP contribution >= 0.6 is 33.9 Å². The van der Waals surface area contributed by atoms with Crippen molar-refractivity contribution >= 4 is 55.6 Å². The number of sulfonamides is 1. The highest BCUT2D eigenvalue weighted by Crippen LogP contribution is 2.26. The summed E-state index contributed by atoms with van der Waals surface area (Å²) in [4.78, 5) is 10.8. The van der Waals surface area contributed by atoms with Gasteiger partial charge >= 0.3 is 5.97 Å². The van der Waals surface area contributed by atoms with E-state index in [1.807, 2.05) is 6.07 Å². The lowest BCUT2D eigenvalue weighted by molar-refractivity contribution is 0.0702. The molecule has 0 unspecified atom stereocenters. The van der Waals surface area contributed by atoms with Gasteiger partial charge in [0.15, 0.2) is 0 Å². The van der Waals surface area contributed by atoms with Crippen molar-refractivity contribution < 1.29 is 18.3 Å². The maximum absolute atomic E-state index is 12.2. The van der Waals surface area contributed by atoms with Crippen molar-refractivity contribution in [2.24, 2.45) is 0 Å². The minimum absolute atomic E-state index is 0.00953. The largest absolute Gasteiger partial charge is 0.477 e. The van der Waals surface area contributed by atoms with Gasteiger partial charge < -0.3 is 5.11 Å². The fourth-order valence-electron chi connectivity index (χ4n) is 1.52. The Balaban J connectivity index is 2.33. The third-order valence-corrected chi connectivity index (χ3v) is 6.09. The van der Waals surface area contributed by atoms with E-state index in [9.17, 15) is 13.2 Å². The van der Waals surface area contributed by atoms with E-state index < -0.39 is 16.0 Å². The number of aryl methyl sites for hydroxylation is 1. The smallest absolute Gasteiger partial charge is 0.345 e. The molecule has 2 N–H and O–H groups in total. The SMILES string of the molecule is Cc1cc(I)ccc1NS(=O)(=O)c1ccc(C(=O)O)s1. The molecule has 0 radical (unpaired) electrons. The van der Waals surface area contributed by atoms with Crippen LogP contribution in [0.2, 0.25) is 0 Å². The number of rotatable bonds is 4. The standard InChI is InChI=1S/C12H10INO4S2/c1-7-6-8(13)2-3-9(7)14-20(17,18)11-5-4-10(19-11)12(15)16/h2-6,14H,1H3,(H,15,16). The number of carboxylic acids is 1. The van der Waals surface area contributed by atoms with Crippen molar-refractivity contribution in [3.05, 3.63) is 44.3 Å². The molecule has 0 amide bonds. The van der Waals surface area contributed by atoms with Gasteiger partial charge in [-0.2, -0.15) is 0 Å². The number of carbonyl (C=O) groups is 1. The van der Waals surface area contributed by atoms with Crippen LogP contribution in [0.5, 0.6) is 0 Å². The molecule has 106 valence electrons. The Morgan fingerprint density at radius 2 is 2.00 bits per heavy atom. The van der Waals surface area contributed by atoms with E-state index in [0.29, 0.717) is 5.69 Å². The van der Waals surface area contributed by atoms with Gasteiger partial charge in [-0.15, -0.1) is 11.3 Å². The number of anilines is 1. The molecule has 0 atom stereocenters. The van der Waals surface area contributed by atoms with Crippen LogP contribution in [0.4, 0.5) is 5.69 Å². The Labute approximate surface area is 133 Å². The number of hydrogen-bond donors (Lipinski definition) is 2. The highest BCUT2D eigenvalue weighted by Gasteiger charge is 2.19. The van der Waals surface area contributed by atoms with E-state index >= 15 is 0 Å². The molecular weight excluding hydrogens is 413 g/mol. The minimum atomic E-state index is -3.76. The molecule has 8 heteroatoms. The Hall–Kier alpha value is -1.13. The Morgan fingerprint density at radius 3 is 2.55 bits per heavy atom. The van der Waals surface area contributed by atoms with Crippen molar-refractivity contribution in [2.45, 2.75) is 11.1 Å². The summed E-state index contributed by atoms with van der Waals surface area (Å²) < 4.78 is 27.8. The summed E-state index contributed by atoms with van der Waals surface area (Å²) in [6.07, 6.45) is 0. The molecule has 2 aromatic rings. The first-order valence-corrected chi connectivity index (χ1v) is 8.79. The molecule has 1 aromatic carbocycles. The number of carboxylic acid groups (broad SMARTS) is 1. The van der Waals surface area contributed by atoms with E-state index in [0.717, 1.165) is 20.5 Å². The minimum Gasteiger partial charge on any atom is -0.477 e. The fraction of sp³-hybridized carbons (Fsp3) is 0.0833. The second-order valence-corrected chi connectivity index (χ2v) is 8.23. The van der Waals surface area contributed by atoms with Gasteiger partial charge in [-0.05, 0) is 65.4 Å². The first-order valence-electron chi connectivity index (χ1n) is 5.42. The second kappa shape index (κ2) is 5.70. The quantitative estimate of drug-likeness (QED) is 0.741. The molecule has 1 heterocycles. The molecule has 0 spiro atoms. The summed E-state index contributed by atoms with van der Waals surface area (Å²) in [5.41, 5.74) is 1.28. The Kier molecular flexibility index (Phi) is 4.35. The molecule has 0 fully saturated rings. The van der Waals surface area contributed by atoms with Crippen LogP contribution in [0.1, 0.15) is 15.2 Å². The molecule has 0 saturated carbocycles. The molecular formula is C12H10INO4S2. The van der Waals surface area contributed by atoms with Crippen LogP contribution in [0.25, 0.3) is 0 Å². The van der Waals surface area contributed by atoms with Gasteiger partial charge in [-0.1, -0.05) is 0 Å². The molecule has 0 saturated heterocycles. The number of nitrogens with one attached hydrogen (secondary N) is 1. The summed E-state index contributed by atoms with van der Waals surface area (Å²) in [5.74, 6) is -1.14. The van der Waals surface area contributed by atoms with E-state index in [2.05, 4.69) is 27.3 Å². The number of hydrogen-bond acceptors (Lipinski definition) is 4. The van der Waals surface area contributed by atoms with Crippen molar-refractivity contribution in [1.82, 2.24) is 0 Å². The van der Waals surface area contributed by atoms with E-state index in [4.69, 9.17) is 5.11 Å². The summed E-state index contributed by atoms with van der Waals surface area (Å²) in [6, 6.07) is 7.90. The molecule has 2 rings (SSSR count). The molecule has 5 nitrogen and oxygen atoms in total. The predicted octanol–water partition coefficient (Wildman–Crippen LogP) is 3.16. The number of thiophene rings is 1. The third kappa shape index (κ3) is 3.30. The molecule has 20 heavy (non-hydrogen) atoms. The summed E-state index contributed by atoms with van der Waals surface area (Å²) in [6.45, 7) is 1.80. The Morgan fingerprint density at radius 1 is 1.30 bits per heavy atom. The van der Waals surface area contributed by atoms with Crippen molar-refractivity contribution in [3.63, 3.8) is 0 Å². The zero-order valence-electron chi connectivity index (χ0n) is 10.3. The lowest BCUT2D eigenvalue weighted by atomic mass is 10.2. The Bertz CT molecular complexity index is 768. The zero-order chi connectivity index (χ0) is 14.9. The van der Waals surface area contributed by atoms with Gasteiger partial charge in [-0.25, -0.2) is 13.2 Å². The first-order chi connectivity index (χ1) is 9.29. The maximum Gasteiger partial charge on any atom is 0.345 e. The zero-order valence-corrected chi connectivity index (χ0v) is 14.0. The number of aromatic carboxylic acids is 1. The fourth-order valence-corrected chi connectivity index (χ4v) is 4.44. The highest BCUT2D eigenvalue weighted by atomic mass is 127. The van der Waals surface area contributed by atoms with E-state index in [-0.39, 0.29) is 9.09 Å². The van der Waals surface area contributed by atoms with Crippen LogP contribution in [0.15, 0.2) is 34.5 Å². The lowest BCUT2D eigenvalue weighted by Gasteiger charge is -2.09. The van der Waals surface area contributed by atoms with Crippen molar-refractivity contribution in [2.75, 3.05) is 4.72 Å². The predicted molar refractivity (Wildman–Crippen MR) is 86.0 cm³/mol. The van der Waals surface area contributed by atoms with Gasteiger partial charge in [0.2, 0.25) is 0 Å². The number of halogens is 1. The van der Waals surface area contributed by atoms with Crippen LogP contribution in [-0.4, -0.2) is 19.5 Å². The van der Waals surface area contributed by atoms with Gasteiger partial charge in [-0.3, -0.25) is 4.72 Å². The topological polar surface area (TPSA) is 83.5 Å². The van der Waals surface area contributed by atoms with Crippen LogP contribution in [0.3, 0.4) is 0 Å². The average Bonchev–Trinajstić information content (AvgIpc) is 2.83. The van der Waals surface area contributed by atoms with Crippen molar-refractivity contribution in [1.29, 1.82) is 0 Å². The van der Waals surface area contributed by atoms with Crippen molar-refractivity contribution in [3.8, 4) is 0 Å². The first kappa shape index (κ1) is 15.3. The summed E-state index contributed by atoms with van der Waals surface area (Å²) in [5, 5.41) is 8.82. The molecule has 1 aromatic heterocycles. The van der Waals surface area contributed by atoms with E-state index in [1.165, 1.54) is 12.1 Å². The van der Waals surface area contributed by atoms with Crippen LogP contribution in [-0.2, 0) is 10.0 Å². The number of benzene rings is 1. The van der Waals surface area contributed by atoms with Gasteiger partial charge in [0, 0.05) is 3.57 Å². The third-order valence-electron chi connectivity index (χ3n) is 2.49. The molecule has 0 aliphatic rings. The maximum atomic E-state index is 12.2. The van der Waals surface area contributed by atoms with Crippen LogP contribution < -0.4 is 4.72 Å². The molecule has 0 bridgehead atoms. The normalized spacial score (nSPS) is 11.3. The second-order valence-electron chi connectivity index (χ2n) is 3.99. The average molecular weight is 423 g/mol. The monoisotopic (exact) mass is 423 g/mol. The van der Waals surface area contributed by atoms with Gasteiger partial charge in [0.1, 0.15) is 9.09 Å². The van der Waals surface area contributed by atoms with E-state index in [1.54, 1.807) is 19.1 Å². The highest BCUT2D eigenvalue weighted by molar-refractivity contribution is 14.1. The van der Waals surface area contributed by atoms with Gasteiger partial charge in [0.25, 0.3) is 10.0 Å². The molecule has 0 aliphatic heterocycles. The summed E-state index contributed by atoms with van der Waals surface area (Å²) in [7, 11) is -3.76. The molecule has 0 aliphatic carbocycles.